The molecule has 146 valence electrons. The minimum atomic E-state index is -0.973. The summed E-state index contributed by atoms with van der Waals surface area (Å²) >= 11 is 0. The molecule has 2 N–H and O–H groups in total. The number of nitrogens with one attached hydrogen (secondary N) is 1. The van der Waals surface area contributed by atoms with Crippen molar-refractivity contribution in [2.75, 3.05) is 0 Å². The first kappa shape index (κ1) is 19.9. The molecule has 4 heteroatoms. The average molecular weight is 377 g/mol. The molecule has 1 amide bonds. The second-order valence-electron chi connectivity index (χ2n) is 7.29. The van der Waals surface area contributed by atoms with Crippen LogP contribution in [0.2, 0.25) is 0 Å². The summed E-state index contributed by atoms with van der Waals surface area (Å²) in [6, 6.07) is 14.8. The van der Waals surface area contributed by atoms with Gasteiger partial charge in [-0.25, -0.2) is 4.79 Å². The maximum Gasteiger partial charge on any atom is 0.326 e. The van der Waals surface area contributed by atoms with Crippen LogP contribution in [0.5, 0.6) is 0 Å². The predicted octanol–water partition coefficient (Wildman–Crippen LogP) is 4.89. The highest BCUT2D eigenvalue weighted by Gasteiger charge is 2.35. The average Bonchev–Trinajstić information content (AvgIpc) is 3.04. The summed E-state index contributed by atoms with van der Waals surface area (Å²) in [5.41, 5.74) is 3.98. The summed E-state index contributed by atoms with van der Waals surface area (Å²) in [5, 5.41) is 12.4. The molecule has 28 heavy (non-hydrogen) atoms. The van der Waals surface area contributed by atoms with E-state index in [9.17, 15) is 14.7 Å². The van der Waals surface area contributed by atoms with E-state index >= 15 is 0 Å². The zero-order chi connectivity index (χ0) is 19.9. The monoisotopic (exact) mass is 377 g/mol. The van der Waals surface area contributed by atoms with E-state index in [0.717, 1.165) is 54.4 Å². The van der Waals surface area contributed by atoms with Gasteiger partial charge in [0.05, 0.1) is 5.92 Å². The van der Waals surface area contributed by atoms with Crippen LogP contribution >= 0.6 is 0 Å². The molecule has 0 heterocycles. The maximum absolute atomic E-state index is 13.1. The molecule has 0 saturated heterocycles. The molecule has 0 unspecified atom stereocenters. The van der Waals surface area contributed by atoms with Crippen LogP contribution in [0.15, 0.2) is 61.2 Å². The van der Waals surface area contributed by atoms with Crippen LogP contribution in [0.1, 0.15) is 55.6 Å². The second kappa shape index (κ2) is 9.36. The van der Waals surface area contributed by atoms with Crippen molar-refractivity contribution in [3.8, 4) is 11.1 Å². The maximum atomic E-state index is 13.1. The van der Waals surface area contributed by atoms with Gasteiger partial charge in [0.2, 0.25) is 5.91 Å². The number of carbonyl (C=O) groups excluding carboxylic acids is 1. The van der Waals surface area contributed by atoms with Crippen molar-refractivity contribution < 1.29 is 14.7 Å². The van der Waals surface area contributed by atoms with Gasteiger partial charge in [-0.15, -0.1) is 6.58 Å². The zero-order valence-corrected chi connectivity index (χ0v) is 16.1. The second-order valence-corrected chi connectivity index (χ2v) is 7.29. The Morgan fingerprint density at radius 2 is 1.54 bits per heavy atom. The SMILES string of the molecule is C=CCCCCCC[C@@H](NC(=O)C1c2ccccc2-c2ccccc21)C(=O)O. The zero-order valence-electron chi connectivity index (χ0n) is 16.1. The van der Waals surface area contributed by atoms with E-state index in [2.05, 4.69) is 11.9 Å². The molecule has 4 nitrogen and oxygen atoms in total. The van der Waals surface area contributed by atoms with Crippen molar-refractivity contribution in [2.45, 2.75) is 50.5 Å². The highest BCUT2D eigenvalue weighted by Crippen LogP contribution is 2.44. The Hall–Kier alpha value is -2.88. The number of aliphatic carboxylic acids is 1. The minimum Gasteiger partial charge on any atom is -0.480 e. The lowest BCUT2D eigenvalue weighted by Gasteiger charge is -2.19. The smallest absolute Gasteiger partial charge is 0.326 e. The summed E-state index contributed by atoms with van der Waals surface area (Å²) in [6.07, 6.45) is 7.20. The van der Waals surface area contributed by atoms with E-state index in [0.29, 0.717) is 6.42 Å². The number of hydrogen-bond acceptors (Lipinski definition) is 2. The summed E-state index contributed by atoms with van der Waals surface area (Å²) in [5.74, 6) is -1.67. The lowest BCUT2D eigenvalue weighted by Crippen LogP contribution is -2.43. The molecule has 0 fully saturated rings. The fourth-order valence-electron chi connectivity index (χ4n) is 3.94. The van der Waals surface area contributed by atoms with Gasteiger partial charge in [-0.3, -0.25) is 4.79 Å². The highest BCUT2D eigenvalue weighted by molar-refractivity contribution is 5.97. The number of carboxylic acids is 1. The van der Waals surface area contributed by atoms with Crippen molar-refractivity contribution in [2.24, 2.45) is 0 Å². The minimum absolute atomic E-state index is 0.239. The molecule has 0 aromatic heterocycles. The fraction of sp³-hybridized carbons (Fsp3) is 0.333. The number of allylic oxidation sites excluding steroid dienone is 1. The highest BCUT2D eigenvalue weighted by atomic mass is 16.4. The summed E-state index contributed by atoms with van der Waals surface area (Å²) in [4.78, 5) is 24.8. The van der Waals surface area contributed by atoms with Crippen molar-refractivity contribution in [3.63, 3.8) is 0 Å². The van der Waals surface area contributed by atoms with Crippen molar-refractivity contribution >= 4 is 11.9 Å². The van der Waals surface area contributed by atoms with Crippen LogP contribution in [-0.4, -0.2) is 23.0 Å². The normalized spacial score (nSPS) is 13.4. The molecule has 0 radical (unpaired) electrons. The Labute approximate surface area is 166 Å². The Kier molecular flexibility index (Phi) is 6.64. The quantitative estimate of drug-likeness (QED) is 0.457. The van der Waals surface area contributed by atoms with Gasteiger partial charge < -0.3 is 10.4 Å². The van der Waals surface area contributed by atoms with E-state index < -0.39 is 17.9 Å². The topological polar surface area (TPSA) is 66.4 Å². The molecule has 0 aliphatic heterocycles. The third kappa shape index (κ3) is 4.33. The fourth-order valence-corrected chi connectivity index (χ4v) is 3.94. The Bertz CT molecular complexity index is 813. The molecule has 2 aromatic carbocycles. The van der Waals surface area contributed by atoms with Crippen molar-refractivity contribution in [1.82, 2.24) is 5.32 Å². The molecule has 3 rings (SSSR count). The number of unbranched alkanes of at least 4 members (excludes halogenated alkanes) is 4. The Morgan fingerprint density at radius 1 is 0.964 bits per heavy atom. The van der Waals surface area contributed by atoms with Gasteiger partial charge in [-0.2, -0.15) is 0 Å². The Balaban J connectivity index is 1.69. The van der Waals surface area contributed by atoms with E-state index in [4.69, 9.17) is 0 Å². The molecule has 1 aliphatic rings. The molecule has 0 bridgehead atoms. The van der Waals surface area contributed by atoms with E-state index in [-0.39, 0.29) is 5.91 Å². The molecule has 0 saturated carbocycles. The Morgan fingerprint density at radius 3 is 2.11 bits per heavy atom. The number of fused-ring (bicyclic) bond motifs is 3. The van der Waals surface area contributed by atoms with Crippen molar-refractivity contribution in [1.29, 1.82) is 0 Å². The van der Waals surface area contributed by atoms with Gasteiger partial charge in [-0.05, 0) is 41.5 Å². The number of hydrogen-bond donors (Lipinski definition) is 2. The number of carboxylic acid groups (broad SMARTS) is 1. The van der Waals surface area contributed by atoms with E-state index in [1.807, 2.05) is 54.6 Å². The van der Waals surface area contributed by atoms with Crippen molar-refractivity contribution in [3.05, 3.63) is 72.3 Å². The van der Waals surface area contributed by atoms with Gasteiger partial charge >= 0.3 is 5.97 Å². The number of amides is 1. The summed E-state index contributed by atoms with van der Waals surface area (Å²) in [7, 11) is 0. The van der Waals surface area contributed by atoms with Crippen LogP contribution in [0.25, 0.3) is 11.1 Å². The van der Waals surface area contributed by atoms with E-state index in [1.165, 1.54) is 0 Å². The molecule has 1 atom stereocenters. The predicted molar refractivity (Wildman–Crippen MR) is 111 cm³/mol. The van der Waals surface area contributed by atoms with Crippen LogP contribution in [0.4, 0.5) is 0 Å². The van der Waals surface area contributed by atoms with Crippen LogP contribution in [0, 0.1) is 0 Å². The summed E-state index contributed by atoms with van der Waals surface area (Å²) < 4.78 is 0. The molecular weight excluding hydrogens is 350 g/mol. The molecule has 2 aromatic rings. The summed E-state index contributed by atoms with van der Waals surface area (Å²) in [6.45, 7) is 3.71. The van der Waals surface area contributed by atoms with E-state index in [1.54, 1.807) is 0 Å². The van der Waals surface area contributed by atoms with Gasteiger partial charge in [0, 0.05) is 0 Å². The first-order valence-corrected chi connectivity index (χ1v) is 9.95. The number of carbonyl (C=O) groups is 2. The number of rotatable bonds is 10. The third-order valence-electron chi connectivity index (χ3n) is 5.36. The third-order valence-corrected chi connectivity index (χ3v) is 5.36. The van der Waals surface area contributed by atoms with Crippen LogP contribution in [-0.2, 0) is 9.59 Å². The first-order valence-electron chi connectivity index (χ1n) is 9.95. The lowest BCUT2D eigenvalue weighted by molar-refractivity contribution is -0.142. The first-order chi connectivity index (χ1) is 13.6. The molecule has 0 spiro atoms. The van der Waals surface area contributed by atoms with Crippen LogP contribution in [0.3, 0.4) is 0 Å². The number of benzene rings is 2. The van der Waals surface area contributed by atoms with Gasteiger partial charge in [0.1, 0.15) is 6.04 Å². The van der Waals surface area contributed by atoms with Gasteiger partial charge in [0.15, 0.2) is 0 Å². The largest absolute Gasteiger partial charge is 0.480 e. The van der Waals surface area contributed by atoms with Crippen LogP contribution < -0.4 is 5.32 Å². The standard InChI is InChI=1S/C24H27NO3/c1-2-3-4-5-6-7-16-21(24(27)28)25-23(26)22-19-14-10-8-12-17(19)18-13-9-11-15-20(18)22/h2,8-15,21-22H,1,3-7,16H2,(H,25,26)(H,27,28)/t21-/m1/s1. The van der Waals surface area contributed by atoms with Gasteiger partial charge in [-0.1, -0.05) is 73.9 Å². The molecular formula is C24H27NO3. The molecule has 1 aliphatic carbocycles. The lowest BCUT2D eigenvalue weighted by atomic mass is 9.95. The van der Waals surface area contributed by atoms with Gasteiger partial charge in [0.25, 0.3) is 0 Å².